The van der Waals surface area contributed by atoms with Crippen LogP contribution in [0.5, 0.6) is 0 Å². The van der Waals surface area contributed by atoms with Crippen LogP contribution in [0.1, 0.15) is 17.8 Å². The molecule has 0 unspecified atom stereocenters. The molecule has 1 aliphatic rings. The SMILES string of the molecule is Cc1nnc([C@@H]2COCCN2C(=O)Nc2csc3ccccc23)o1. The van der Waals surface area contributed by atoms with Gasteiger partial charge in [0.15, 0.2) is 0 Å². The van der Waals surface area contributed by atoms with Gasteiger partial charge in [0.2, 0.25) is 11.8 Å². The first kappa shape index (κ1) is 15.1. The molecule has 0 saturated carbocycles. The van der Waals surface area contributed by atoms with E-state index in [2.05, 4.69) is 15.5 Å². The second-order valence-electron chi connectivity index (χ2n) is 5.52. The van der Waals surface area contributed by atoms with E-state index in [9.17, 15) is 4.79 Å². The second kappa shape index (κ2) is 6.21. The number of carbonyl (C=O) groups excluding carboxylic acids is 1. The first-order valence-electron chi connectivity index (χ1n) is 7.64. The zero-order chi connectivity index (χ0) is 16.5. The summed E-state index contributed by atoms with van der Waals surface area (Å²) in [6.07, 6.45) is 0. The molecular weight excluding hydrogens is 328 g/mol. The molecule has 1 fully saturated rings. The maximum Gasteiger partial charge on any atom is 0.322 e. The third-order valence-corrected chi connectivity index (χ3v) is 4.90. The Bertz CT molecular complexity index is 875. The number of morpholine rings is 1. The number of aryl methyl sites for hydroxylation is 1. The average Bonchev–Trinajstić information content (AvgIpc) is 3.22. The molecule has 1 aliphatic heterocycles. The summed E-state index contributed by atoms with van der Waals surface area (Å²) in [4.78, 5) is 14.5. The minimum absolute atomic E-state index is 0.192. The van der Waals surface area contributed by atoms with E-state index in [1.165, 1.54) is 0 Å². The molecule has 2 aromatic heterocycles. The van der Waals surface area contributed by atoms with Crippen LogP contribution in [0.3, 0.4) is 0 Å². The van der Waals surface area contributed by atoms with E-state index in [0.29, 0.717) is 31.5 Å². The zero-order valence-electron chi connectivity index (χ0n) is 13.1. The summed E-state index contributed by atoms with van der Waals surface area (Å²) in [5.74, 6) is 0.872. The van der Waals surface area contributed by atoms with Crippen molar-refractivity contribution in [3.63, 3.8) is 0 Å². The lowest BCUT2D eigenvalue weighted by molar-refractivity contribution is 0.00512. The van der Waals surface area contributed by atoms with Crippen molar-refractivity contribution in [1.29, 1.82) is 0 Å². The molecule has 124 valence electrons. The van der Waals surface area contributed by atoms with Crippen LogP contribution < -0.4 is 5.32 Å². The number of ether oxygens (including phenoxy) is 1. The molecule has 1 aromatic carbocycles. The van der Waals surface area contributed by atoms with Crippen molar-refractivity contribution >= 4 is 33.1 Å². The van der Waals surface area contributed by atoms with Crippen molar-refractivity contribution in [2.24, 2.45) is 0 Å². The van der Waals surface area contributed by atoms with Gasteiger partial charge in [-0.3, -0.25) is 0 Å². The van der Waals surface area contributed by atoms with Crippen molar-refractivity contribution in [2.75, 3.05) is 25.1 Å². The van der Waals surface area contributed by atoms with Crippen molar-refractivity contribution in [3.8, 4) is 0 Å². The predicted molar refractivity (Wildman–Crippen MR) is 90.1 cm³/mol. The Labute approximate surface area is 142 Å². The summed E-state index contributed by atoms with van der Waals surface area (Å²) >= 11 is 1.60. The minimum atomic E-state index is -0.371. The monoisotopic (exact) mass is 344 g/mol. The van der Waals surface area contributed by atoms with Gasteiger partial charge in [0.1, 0.15) is 6.04 Å². The van der Waals surface area contributed by atoms with E-state index in [1.807, 2.05) is 29.6 Å². The van der Waals surface area contributed by atoms with Gasteiger partial charge in [-0.15, -0.1) is 21.5 Å². The Balaban J connectivity index is 1.57. The number of thiophene rings is 1. The molecule has 0 radical (unpaired) electrons. The van der Waals surface area contributed by atoms with Crippen LogP contribution in [-0.4, -0.2) is 40.9 Å². The highest BCUT2D eigenvalue weighted by atomic mass is 32.1. The highest BCUT2D eigenvalue weighted by molar-refractivity contribution is 7.17. The number of nitrogens with zero attached hydrogens (tertiary/aromatic N) is 3. The topological polar surface area (TPSA) is 80.5 Å². The number of rotatable bonds is 2. The quantitative estimate of drug-likeness (QED) is 0.772. The second-order valence-corrected chi connectivity index (χ2v) is 6.43. The van der Waals surface area contributed by atoms with E-state index in [1.54, 1.807) is 23.2 Å². The Morgan fingerprint density at radius 3 is 3.08 bits per heavy atom. The van der Waals surface area contributed by atoms with Gasteiger partial charge in [-0.2, -0.15) is 0 Å². The molecule has 0 spiro atoms. The molecule has 1 atom stereocenters. The van der Waals surface area contributed by atoms with E-state index >= 15 is 0 Å². The molecular formula is C16H16N4O3S. The molecule has 1 N–H and O–H groups in total. The third kappa shape index (κ3) is 2.74. The largest absolute Gasteiger partial charge is 0.423 e. The summed E-state index contributed by atoms with van der Waals surface area (Å²) < 4.78 is 12.1. The van der Waals surface area contributed by atoms with Crippen LogP contribution in [-0.2, 0) is 4.74 Å². The van der Waals surface area contributed by atoms with Gasteiger partial charge in [-0.25, -0.2) is 4.79 Å². The summed E-state index contributed by atoms with van der Waals surface area (Å²) in [6.45, 7) is 3.03. The first-order chi connectivity index (χ1) is 11.7. The van der Waals surface area contributed by atoms with Crippen LogP contribution >= 0.6 is 11.3 Å². The average molecular weight is 344 g/mol. The molecule has 1 saturated heterocycles. The maximum absolute atomic E-state index is 12.8. The van der Waals surface area contributed by atoms with Crippen molar-refractivity contribution in [1.82, 2.24) is 15.1 Å². The first-order valence-corrected chi connectivity index (χ1v) is 8.52. The molecule has 8 heteroatoms. The third-order valence-electron chi connectivity index (χ3n) is 3.94. The van der Waals surface area contributed by atoms with E-state index < -0.39 is 0 Å². The Morgan fingerprint density at radius 1 is 1.38 bits per heavy atom. The van der Waals surface area contributed by atoms with Crippen LogP contribution in [0.2, 0.25) is 0 Å². The van der Waals surface area contributed by atoms with E-state index in [4.69, 9.17) is 9.15 Å². The maximum atomic E-state index is 12.8. The zero-order valence-corrected chi connectivity index (χ0v) is 13.9. The molecule has 7 nitrogen and oxygen atoms in total. The van der Waals surface area contributed by atoms with Crippen molar-refractivity contribution < 1.29 is 13.9 Å². The van der Waals surface area contributed by atoms with Gasteiger partial charge in [-0.05, 0) is 6.07 Å². The minimum Gasteiger partial charge on any atom is -0.423 e. The summed E-state index contributed by atoms with van der Waals surface area (Å²) in [6, 6.07) is 7.42. The number of aromatic nitrogens is 2. The summed E-state index contributed by atoms with van der Waals surface area (Å²) in [7, 11) is 0. The molecule has 24 heavy (non-hydrogen) atoms. The smallest absolute Gasteiger partial charge is 0.322 e. The van der Waals surface area contributed by atoms with Crippen LogP contribution in [0.4, 0.5) is 10.5 Å². The highest BCUT2D eigenvalue weighted by Gasteiger charge is 2.32. The number of hydrogen-bond acceptors (Lipinski definition) is 6. The highest BCUT2D eigenvalue weighted by Crippen LogP contribution is 2.31. The fourth-order valence-corrected chi connectivity index (χ4v) is 3.65. The molecule has 4 rings (SSSR count). The van der Waals surface area contributed by atoms with Gasteiger partial charge in [0.05, 0.1) is 18.9 Å². The number of carbonyl (C=O) groups is 1. The summed E-state index contributed by atoms with van der Waals surface area (Å²) in [5, 5.41) is 13.9. The fourth-order valence-electron chi connectivity index (χ4n) is 2.76. The van der Waals surface area contributed by atoms with Gasteiger partial charge >= 0.3 is 6.03 Å². The van der Waals surface area contributed by atoms with Gasteiger partial charge in [0.25, 0.3) is 0 Å². The lowest BCUT2D eigenvalue weighted by Crippen LogP contribution is -2.45. The molecule has 0 aliphatic carbocycles. The fraction of sp³-hybridized carbons (Fsp3) is 0.312. The van der Waals surface area contributed by atoms with Crippen molar-refractivity contribution in [2.45, 2.75) is 13.0 Å². The van der Waals surface area contributed by atoms with Gasteiger partial charge < -0.3 is 19.4 Å². The standard InChI is InChI=1S/C16H16N4O3S/c1-10-18-19-15(23-10)13-8-22-7-6-20(13)16(21)17-12-9-24-14-5-3-2-4-11(12)14/h2-5,9,13H,6-8H2,1H3,(H,17,21)/t13-/m0/s1. The van der Waals surface area contributed by atoms with Crippen molar-refractivity contribution in [3.05, 3.63) is 41.4 Å². The number of nitrogens with one attached hydrogen (secondary N) is 1. The molecule has 0 bridgehead atoms. The Hall–Kier alpha value is -2.45. The molecule has 2 amide bonds. The predicted octanol–water partition coefficient (Wildman–Crippen LogP) is 3.20. The van der Waals surface area contributed by atoms with Crippen LogP contribution in [0.15, 0.2) is 34.1 Å². The van der Waals surface area contributed by atoms with E-state index in [0.717, 1.165) is 15.8 Å². The number of amides is 2. The van der Waals surface area contributed by atoms with Crippen LogP contribution in [0, 0.1) is 6.92 Å². The molecule has 3 aromatic rings. The van der Waals surface area contributed by atoms with Gasteiger partial charge in [0, 0.05) is 28.9 Å². The number of anilines is 1. The Kier molecular flexibility index (Phi) is 3.91. The number of urea groups is 1. The summed E-state index contributed by atoms with van der Waals surface area (Å²) in [5.41, 5.74) is 0.813. The van der Waals surface area contributed by atoms with Crippen LogP contribution in [0.25, 0.3) is 10.1 Å². The number of benzene rings is 1. The lowest BCUT2D eigenvalue weighted by Gasteiger charge is -2.33. The number of hydrogen-bond donors (Lipinski definition) is 1. The lowest BCUT2D eigenvalue weighted by atomic mass is 10.2. The van der Waals surface area contributed by atoms with E-state index in [-0.39, 0.29) is 12.1 Å². The Morgan fingerprint density at radius 2 is 2.25 bits per heavy atom. The molecule has 3 heterocycles. The van der Waals surface area contributed by atoms with Gasteiger partial charge in [-0.1, -0.05) is 18.2 Å². The normalized spacial score (nSPS) is 18.0. The number of fused-ring (bicyclic) bond motifs is 1.